The number of anilines is 1. The van der Waals surface area contributed by atoms with Crippen LogP contribution in [0.25, 0.3) is 5.57 Å². The number of nitrogens with zero attached hydrogens (tertiary/aromatic N) is 2. The third-order valence-corrected chi connectivity index (χ3v) is 6.17. The molecule has 0 saturated carbocycles. The Bertz CT molecular complexity index is 1160. The molecule has 0 spiro atoms. The van der Waals surface area contributed by atoms with Crippen LogP contribution in [0.5, 0.6) is 17.2 Å². The Labute approximate surface area is 203 Å². The molecule has 9 nitrogen and oxygen atoms in total. The van der Waals surface area contributed by atoms with Crippen LogP contribution < -0.4 is 14.4 Å². The molecule has 2 aromatic carbocycles. The van der Waals surface area contributed by atoms with Crippen molar-refractivity contribution in [2.75, 3.05) is 39.4 Å². The Kier molecular flexibility index (Phi) is 6.97. The summed E-state index contributed by atoms with van der Waals surface area (Å²) in [5.41, 5.74) is 2.35. The number of fused-ring (bicyclic) bond motifs is 2. The molecule has 2 aliphatic rings. The van der Waals surface area contributed by atoms with E-state index >= 15 is 0 Å². The van der Waals surface area contributed by atoms with Crippen molar-refractivity contribution in [2.24, 2.45) is 0 Å². The summed E-state index contributed by atoms with van der Waals surface area (Å²) >= 11 is 0. The van der Waals surface area contributed by atoms with Crippen molar-refractivity contribution < 1.29 is 33.6 Å². The molecular weight excluding hydrogens is 452 g/mol. The summed E-state index contributed by atoms with van der Waals surface area (Å²) in [5, 5.41) is 10.5. The Hall–Kier alpha value is -3.98. The van der Waals surface area contributed by atoms with Gasteiger partial charge in [-0.1, -0.05) is 30.9 Å². The fourth-order valence-corrected chi connectivity index (χ4v) is 4.47. The van der Waals surface area contributed by atoms with Crippen LogP contribution in [-0.2, 0) is 9.47 Å². The van der Waals surface area contributed by atoms with Gasteiger partial charge in [-0.25, -0.2) is 9.69 Å². The maximum atomic E-state index is 13.7. The van der Waals surface area contributed by atoms with Crippen molar-refractivity contribution in [1.82, 2.24) is 4.90 Å². The second kappa shape index (κ2) is 10.1. The first kappa shape index (κ1) is 24.2. The van der Waals surface area contributed by atoms with Crippen molar-refractivity contribution in [3.8, 4) is 17.2 Å². The highest BCUT2D eigenvalue weighted by atomic mass is 16.6. The molecule has 2 amide bonds. The number of methoxy groups -OCH3 is 3. The highest BCUT2D eigenvalue weighted by Gasteiger charge is 2.45. The third-order valence-electron chi connectivity index (χ3n) is 6.17. The molecule has 2 atom stereocenters. The standard InChI is InChI=1S/C26H28N2O7/c1-5-12-35-26(31)28-20-15-22(29)23(33-3)14-19(20)24(30)27-11-10-17(13-21(27)25(28)34-4)16-6-8-18(32-2)9-7-16/h5-9,13-15,21,25,29H,1,10-12H2,2-4H3/t21-,25?/m0/s1. The van der Waals surface area contributed by atoms with Crippen LogP contribution in [0.2, 0.25) is 0 Å². The number of benzene rings is 2. The molecule has 0 aliphatic carbocycles. The first-order valence-corrected chi connectivity index (χ1v) is 11.1. The fourth-order valence-electron chi connectivity index (χ4n) is 4.47. The van der Waals surface area contributed by atoms with E-state index in [1.54, 1.807) is 12.0 Å². The first-order valence-electron chi connectivity index (χ1n) is 11.1. The number of phenols is 1. The van der Waals surface area contributed by atoms with Gasteiger partial charge in [-0.05, 0) is 35.8 Å². The van der Waals surface area contributed by atoms with E-state index in [2.05, 4.69) is 6.58 Å². The second-order valence-electron chi connectivity index (χ2n) is 8.06. The topological polar surface area (TPSA) is 97.8 Å². The number of hydrogen-bond acceptors (Lipinski definition) is 7. The lowest BCUT2D eigenvalue weighted by molar-refractivity contribution is 0.0274. The van der Waals surface area contributed by atoms with Gasteiger partial charge in [-0.15, -0.1) is 0 Å². The highest BCUT2D eigenvalue weighted by molar-refractivity contribution is 6.06. The lowest BCUT2D eigenvalue weighted by Gasteiger charge is -2.39. The van der Waals surface area contributed by atoms with Gasteiger partial charge in [0.1, 0.15) is 12.4 Å². The summed E-state index contributed by atoms with van der Waals surface area (Å²) in [4.78, 5) is 29.8. The van der Waals surface area contributed by atoms with E-state index in [0.717, 1.165) is 16.9 Å². The smallest absolute Gasteiger partial charge is 0.416 e. The molecule has 4 rings (SSSR count). The van der Waals surface area contributed by atoms with Crippen LogP contribution in [0.3, 0.4) is 0 Å². The molecule has 0 saturated heterocycles. The van der Waals surface area contributed by atoms with Crippen LogP contribution in [0.15, 0.2) is 55.1 Å². The quantitative estimate of drug-likeness (QED) is 0.628. The van der Waals surface area contributed by atoms with E-state index in [4.69, 9.17) is 18.9 Å². The summed E-state index contributed by atoms with van der Waals surface area (Å²) in [6, 6.07) is 9.79. The minimum absolute atomic E-state index is 0.0293. The molecule has 1 unspecified atom stereocenters. The summed E-state index contributed by atoms with van der Waals surface area (Å²) < 4.78 is 21.6. The number of ether oxygens (including phenoxy) is 4. The zero-order valence-electron chi connectivity index (χ0n) is 19.9. The molecular formula is C26H28N2O7. The molecule has 1 N–H and O–H groups in total. The number of carbonyl (C=O) groups excluding carboxylic acids is 2. The van der Waals surface area contributed by atoms with E-state index in [0.29, 0.717) is 13.0 Å². The van der Waals surface area contributed by atoms with Crippen molar-refractivity contribution in [2.45, 2.75) is 18.7 Å². The summed E-state index contributed by atoms with van der Waals surface area (Å²) in [6.45, 7) is 3.96. The summed E-state index contributed by atoms with van der Waals surface area (Å²) in [7, 11) is 4.47. The van der Waals surface area contributed by atoms with Crippen LogP contribution in [0.1, 0.15) is 22.3 Å². The predicted molar refractivity (Wildman–Crippen MR) is 130 cm³/mol. The van der Waals surface area contributed by atoms with Gasteiger partial charge >= 0.3 is 6.09 Å². The minimum Gasteiger partial charge on any atom is -0.504 e. The van der Waals surface area contributed by atoms with Gasteiger partial charge < -0.3 is 29.0 Å². The van der Waals surface area contributed by atoms with Gasteiger partial charge in [0.15, 0.2) is 17.7 Å². The highest BCUT2D eigenvalue weighted by Crippen LogP contribution is 2.41. The van der Waals surface area contributed by atoms with E-state index < -0.39 is 18.4 Å². The molecule has 2 aliphatic heterocycles. The lowest BCUT2D eigenvalue weighted by Crippen LogP contribution is -2.54. The number of aromatic hydroxyl groups is 1. The summed E-state index contributed by atoms with van der Waals surface area (Å²) in [5.74, 6) is 0.334. The normalized spacial score (nSPS) is 19.2. The number of carbonyl (C=O) groups is 2. The largest absolute Gasteiger partial charge is 0.504 e. The maximum Gasteiger partial charge on any atom is 0.416 e. The molecule has 2 aromatic rings. The zero-order valence-corrected chi connectivity index (χ0v) is 19.9. The fraction of sp³-hybridized carbons (Fsp3) is 0.308. The van der Waals surface area contributed by atoms with E-state index in [9.17, 15) is 14.7 Å². The molecule has 0 fully saturated rings. The second-order valence-corrected chi connectivity index (χ2v) is 8.06. The van der Waals surface area contributed by atoms with Gasteiger partial charge in [0.2, 0.25) is 0 Å². The van der Waals surface area contributed by atoms with Gasteiger partial charge in [-0.2, -0.15) is 0 Å². The molecule has 35 heavy (non-hydrogen) atoms. The Morgan fingerprint density at radius 1 is 1.17 bits per heavy atom. The van der Waals surface area contributed by atoms with Crippen molar-refractivity contribution in [3.63, 3.8) is 0 Å². The molecule has 9 heteroatoms. The average Bonchev–Trinajstić information content (AvgIpc) is 2.98. The summed E-state index contributed by atoms with van der Waals surface area (Å²) in [6.07, 6.45) is 2.34. The SMILES string of the molecule is C=CCOC(=O)N1c2cc(O)c(OC)cc2C(=O)N2CCC(c3ccc(OC)cc3)=C[C@H]2C1OC. The van der Waals surface area contributed by atoms with E-state index in [1.165, 1.54) is 37.3 Å². The monoisotopic (exact) mass is 480 g/mol. The van der Waals surface area contributed by atoms with E-state index in [-0.39, 0.29) is 35.3 Å². The van der Waals surface area contributed by atoms with Crippen LogP contribution in [0, 0.1) is 0 Å². The Balaban J connectivity index is 1.85. The lowest BCUT2D eigenvalue weighted by atomic mass is 9.94. The maximum absolute atomic E-state index is 13.7. The number of amides is 2. The van der Waals surface area contributed by atoms with Crippen LogP contribution in [0.4, 0.5) is 10.5 Å². The van der Waals surface area contributed by atoms with Crippen LogP contribution >= 0.6 is 0 Å². The predicted octanol–water partition coefficient (Wildman–Crippen LogP) is 3.82. The van der Waals surface area contributed by atoms with Crippen molar-refractivity contribution in [3.05, 3.63) is 66.3 Å². The number of phenolic OH excluding ortho intramolecular Hbond substituents is 1. The molecule has 184 valence electrons. The molecule has 0 radical (unpaired) electrons. The van der Waals surface area contributed by atoms with Gasteiger partial charge in [-0.3, -0.25) is 4.79 Å². The third kappa shape index (κ3) is 4.42. The van der Waals surface area contributed by atoms with Gasteiger partial charge in [0, 0.05) is 19.7 Å². The first-order chi connectivity index (χ1) is 16.9. The van der Waals surface area contributed by atoms with Crippen LogP contribution in [-0.4, -0.2) is 68.8 Å². The number of rotatable bonds is 6. The Morgan fingerprint density at radius 3 is 2.54 bits per heavy atom. The minimum atomic E-state index is -0.918. The van der Waals surface area contributed by atoms with Crippen molar-refractivity contribution in [1.29, 1.82) is 0 Å². The number of hydrogen-bond donors (Lipinski definition) is 1. The zero-order chi connectivity index (χ0) is 25.1. The molecule has 2 heterocycles. The van der Waals surface area contributed by atoms with Crippen molar-refractivity contribution >= 4 is 23.3 Å². The van der Waals surface area contributed by atoms with Gasteiger partial charge in [0.25, 0.3) is 5.91 Å². The molecule has 0 bridgehead atoms. The average molecular weight is 481 g/mol. The van der Waals surface area contributed by atoms with Gasteiger partial charge in [0.05, 0.1) is 31.5 Å². The Morgan fingerprint density at radius 2 is 1.91 bits per heavy atom. The molecule has 0 aromatic heterocycles. The van der Waals surface area contributed by atoms with E-state index in [1.807, 2.05) is 30.3 Å².